The zero-order chi connectivity index (χ0) is 13.5. The molecule has 96 valence electrons. The van der Waals surface area contributed by atoms with E-state index in [1.807, 2.05) is 30.3 Å². The van der Waals surface area contributed by atoms with E-state index >= 15 is 0 Å². The number of carboxylic acid groups (broad SMARTS) is 1. The van der Waals surface area contributed by atoms with E-state index in [9.17, 15) is 9.90 Å². The van der Waals surface area contributed by atoms with E-state index in [4.69, 9.17) is 0 Å². The summed E-state index contributed by atoms with van der Waals surface area (Å²) in [6, 6.07) is 9.62. The monoisotopic (exact) mass is 254 g/mol. The second kappa shape index (κ2) is 4.16. The average molecular weight is 254 g/mol. The molecule has 2 aromatic rings. The molecule has 0 saturated carbocycles. The van der Waals surface area contributed by atoms with Crippen molar-refractivity contribution in [3.63, 3.8) is 0 Å². The number of carboxylic acids is 1. The zero-order valence-electron chi connectivity index (χ0n) is 10.6. The van der Waals surface area contributed by atoms with Gasteiger partial charge in [0.1, 0.15) is 5.41 Å². The fourth-order valence-corrected chi connectivity index (χ4v) is 2.51. The number of rotatable bonds is 2. The number of hydrogen-bond donors (Lipinski definition) is 1. The molecule has 0 amide bonds. The number of nitrogens with zero attached hydrogens (tertiary/aromatic N) is 2. The topological polar surface area (TPSA) is 63.1 Å². The number of benzene rings is 1. The van der Waals surface area contributed by atoms with Crippen molar-refractivity contribution in [2.75, 3.05) is 0 Å². The van der Waals surface area contributed by atoms with Crippen LogP contribution in [0.5, 0.6) is 0 Å². The van der Waals surface area contributed by atoms with Crippen LogP contribution in [-0.4, -0.2) is 21.0 Å². The standard InChI is InChI=1S/C15H14N2O2/c1-15(14(18)19)8-7-11-9-16-13(17-12(11)15)10-5-3-2-4-6-10/h2-6,9H,7-8H2,1H3,(H,18,19). The largest absolute Gasteiger partial charge is 0.481 e. The van der Waals surface area contributed by atoms with Gasteiger partial charge in [-0.25, -0.2) is 9.97 Å². The van der Waals surface area contributed by atoms with Crippen LogP contribution < -0.4 is 0 Å². The quantitative estimate of drug-likeness (QED) is 0.894. The van der Waals surface area contributed by atoms with Gasteiger partial charge in [-0.15, -0.1) is 0 Å². The summed E-state index contributed by atoms with van der Waals surface area (Å²) in [6.45, 7) is 1.74. The Hall–Kier alpha value is -2.23. The first-order chi connectivity index (χ1) is 9.11. The maximum atomic E-state index is 11.5. The Bertz CT molecular complexity index is 640. The lowest BCUT2D eigenvalue weighted by atomic mass is 9.88. The number of aromatic nitrogens is 2. The molecule has 1 aromatic carbocycles. The van der Waals surface area contributed by atoms with Crippen molar-refractivity contribution < 1.29 is 9.90 Å². The van der Waals surface area contributed by atoms with Gasteiger partial charge in [0.25, 0.3) is 0 Å². The minimum atomic E-state index is -0.887. The van der Waals surface area contributed by atoms with E-state index in [0.29, 0.717) is 17.9 Å². The van der Waals surface area contributed by atoms with E-state index in [1.165, 1.54) is 0 Å². The number of fused-ring (bicyclic) bond motifs is 1. The summed E-state index contributed by atoms with van der Waals surface area (Å²) in [7, 11) is 0. The first kappa shape index (κ1) is 11.8. The van der Waals surface area contributed by atoms with Crippen LogP contribution in [0.15, 0.2) is 36.5 Å². The zero-order valence-corrected chi connectivity index (χ0v) is 10.6. The Morgan fingerprint density at radius 3 is 2.74 bits per heavy atom. The lowest BCUT2D eigenvalue weighted by Gasteiger charge is -2.18. The van der Waals surface area contributed by atoms with Crippen molar-refractivity contribution in [3.8, 4) is 11.4 Å². The Labute approximate surface area is 111 Å². The Kier molecular flexibility index (Phi) is 2.59. The molecule has 0 spiro atoms. The van der Waals surface area contributed by atoms with E-state index in [2.05, 4.69) is 9.97 Å². The lowest BCUT2D eigenvalue weighted by molar-refractivity contribution is -0.143. The Balaban J connectivity index is 2.12. The van der Waals surface area contributed by atoms with Gasteiger partial charge in [-0.1, -0.05) is 30.3 Å². The molecule has 1 unspecified atom stereocenters. The van der Waals surface area contributed by atoms with Crippen LogP contribution in [0, 0.1) is 0 Å². The van der Waals surface area contributed by atoms with E-state index in [-0.39, 0.29) is 0 Å². The average Bonchev–Trinajstić information content (AvgIpc) is 2.78. The van der Waals surface area contributed by atoms with Crippen LogP contribution in [0.3, 0.4) is 0 Å². The van der Waals surface area contributed by atoms with Gasteiger partial charge in [0, 0.05) is 11.8 Å². The third kappa shape index (κ3) is 1.80. The van der Waals surface area contributed by atoms with Crippen LogP contribution in [0.1, 0.15) is 24.6 Å². The van der Waals surface area contributed by atoms with Gasteiger partial charge < -0.3 is 5.11 Å². The molecule has 1 aliphatic carbocycles. The van der Waals surface area contributed by atoms with Crippen molar-refractivity contribution in [1.29, 1.82) is 0 Å². The van der Waals surface area contributed by atoms with Gasteiger partial charge in [0.15, 0.2) is 5.82 Å². The summed E-state index contributed by atoms with van der Waals surface area (Å²) in [5, 5.41) is 9.42. The second-order valence-corrected chi connectivity index (χ2v) is 5.07. The lowest BCUT2D eigenvalue weighted by Crippen LogP contribution is -2.30. The number of carbonyl (C=O) groups is 1. The molecule has 0 aliphatic heterocycles. The van der Waals surface area contributed by atoms with Crippen LogP contribution in [0.4, 0.5) is 0 Å². The van der Waals surface area contributed by atoms with Crippen LogP contribution in [-0.2, 0) is 16.6 Å². The van der Waals surface area contributed by atoms with Gasteiger partial charge in [-0.2, -0.15) is 0 Å². The van der Waals surface area contributed by atoms with Crippen LogP contribution in [0.2, 0.25) is 0 Å². The molecular weight excluding hydrogens is 240 g/mol. The van der Waals surface area contributed by atoms with Crippen molar-refractivity contribution in [2.45, 2.75) is 25.2 Å². The Morgan fingerprint density at radius 2 is 2.05 bits per heavy atom. The van der Waals surface area contributed by atoms with Crippen molar-refractivity contribution >= 4 is 5.97 Å². The molecule has 4 nitrogen and oxygen atoms in total. The number of aryl methyl sites for hydroxylation is 1. The highest BCUT2D eigenvalue weighted by Crippen LogP contribution is 2.38. The van der Waals surface area contributed by atoms with Crippen LogP contribution >= 0.6 is 0 Å². The SMILES string of the molecule is CC1(C(=O)O)CCc2cnc(-c3ccccc3)nc21. The molecule has 1 atom stereocenters. The number of hydrogen-bond acceptors (Lipinski definition) is 3. The van der Waals surface area contributed by atoms with Gasteiger partial charge in [-0.05, 0) is 25.3 Å². The fourth-order valence-electron chi connectivity index (χ4n) is 2.51. The van der Waals surface area contributed by atoms with E-state index in [1.54, 1.807) is 13.1 Å². The third-order valence-electron chi connectivity index (χ3n) is 3.79. The summed E-state index contributed by atoms with van der Waals surface area (Å²) in [5.74, 6) is -0.224. The third-order valence-corrected chi connectivity index (χ3v) is 3.79. The molecule has 19 heavy (non-hydrogen) atoms. The maximum absolute atomic E-state index is 11.5. The Morgan fingerprint density at radius 1 is 1.32 bits per heavy atom. The van der Waals surface area contributed by atoms with Gasteiger partial charge >= 0.3 is 5.97 Å². The molecule has 3 rings (SSSR count). The molecule has 1 aromatic heterocycles. The smallest absolute Gasteiger partial charge is 0.315 e. The molecule has 0 bridgehead atoms. The summed E-state index contributed by atoms with van der Waals surface area (Å²) >= 11 is 0. The fraction of sp³-hybridized carbons (Fsp3) is 0.267. The molecule has 0 radical (unpaired) electrons. The summed E-state index contributed by atoms with van der Waals surface area (Å²) in [6.07, 6.45) is 3.08. The van der Waals surface area contributed by atoms with Crippen molar-refractivity contribution in [2.24, 2.45) is 0 Å². The number of aliphatic carboxylic acids is 1. The minimum Gasteiger partial charge on any atom is -0.481 e. The molecule has 1 aliphatic rings. The molecule has 4 heteroatoms. The van der Waals surface area contributed by atoms with E-state index in [0.717, 1.165) is 17.5 Å². The summed E-state index contributed by atoms with van der Waals surface area (Å²) in [5.41, 5.74) is 1.63. The van der Waals surface area contributed by atoms with E-state index < -0.39 is 11.4 Å². The summed E-state index contributed by atoms with van der Waals surface area (Å²) in [4.78, 5) is 20.3. The maximum Gasteiger partial charge on any atom is 0.315 e. The molecule has 0 fully saturated rings. The summed E-state index contributed by atoms with van der Waals surface area (Å²) < 4.78 is 0. The predicted octanol–water partition coefficient (Wildman–Crippen LogP) is 2.43. The van der Waals surface area contributed by atoms with Crippen molar-refractivity contribution in [3.05, 3.63) is 47.8 Å². The first-order valence-corrected chi connectivity index (χ1v) is 6.26. The van der Waals surface area contributed by atoms with Crippen molar-refractivity contribution in [1.82, 2.24) is 9.97 Å². The molecule has 1 heterocycles. The van der Waals surface area contributed by atoms with Gasteiger partial charge in [-0.3, -0.25) is 4.79 Å². The highest BCUT2D eigenvalue weighted by molar-refractivity contribution is 5.82. The van der Waals surface area contributed by atoms with Gasteiger partial charge in [0.05, 0.1) is 5.69 Å². The minimum absolute atomic E-state index is 0.588. The molecule has 0 saturated heterocycles. The second-order valence-electron chi connectivity index (χ2n) is 5.07. The first-order valence-electron chi connectivity index (χ1n) is 6.26. The molecular formula is C15H14N2O2. The predicted molar refractivity (Wildman–Crippen MR) is 70.8 cm³/mol. The normalized spacial score (nSPS) is 21.1. The molecule has 1 N–H and O–H groups in total. The van der Waals surface area contributed by atoms with Crippen LogP contribution in [0.25, 0.3) is 11.4 Å². The highest BCUT2D eigenvalue weighted by Gasteiger charge is 2.43. The van der Waals surface area contributed by atoms with Gasteiger partial charge in [0.2, 0.25) is 0 Å². The highest BCUT2D eigenvalue weighted by atomic mass is 16.4.